The minimum Gasteiger partial charge on any atom is -0.444 e. The summed E-state index contributed by atoms with van der Waals surface area (Å²) < 4.78 is 47.9. The van der Waals surface area contributed by atoms with Gasteiger partial charge in [0.25, 0.3) is 0 Å². The number of aromatic nitrogens is 4. The Hall–Kier alpha value is -4.01. The van der Waals surface area contributed by atoms with E-state index >= 15 is 0 Å². The van der Waals surface area contributed by atoms with Crippen molar-refractivity contribution in [2.75, 3.05) is 18.8 Å². The van der Waals surface area contributed by atoms with E-state index in [1.54, 1.807) is 21.8 Å². The Kier molecular flexibility index (Phi) is 6.36. The molecule has 1 amide bonds. The number of nitrogen functional groups attached to an aromatic ring is 1. The molecule has 1 aromatic carbocycles. The Morgan fingerprint density at radius 3 is 2.69 bits per heavy atom. The summed E-state index contributed by atoms with van der Waals surface area (Å²) in [5.41, 5.74) is 6.66. The first-order chi connectivity index (χ1) is 18.3. The number of hydrogen-bond donors (Lipinski definition) is 1. The number of anilines is 1. The maximum absolute atomic E-state index is 13.1. The third-order valence-corrected chi connectivity index (χ3v) is 7.34. The second kappa shape index (κ2) is 9.32. The minimum atomic E-state index is -4.43. The summed E-state index contributed by atoms with van der Waals surface area (Å²) >= 11 is 0. The molecule has 2 aromatic heterocycles. The summed E-state index contributed by atoms with van der Waals surface area (Å²) in [4.78, 5) is 14.2. The van der Waals surface area contributed by atoms with Crippen molar-refractivity contribution < 1.29 is 22.7 Å². The van der Waals surface area contributed by atoms with Crippen LogP contribution in [0.5, 0.6) is 0 Å². The Labute approximate surface area is 223 Å². The van der Waals surface area contributed by atoms with E-state index in [0.29, 0.717) is 29.9 Å². The number of ether oxygens (including phenoxy) is 1. The third kappa shape index (κ3) is 5.30. The minimum absolute atomic E-state index is 0.00964. The fourth-order valence-corrected chi connectivity index (χ4v) is 5.51. The van der Waals surface area contributed by atoms with Crippen molar-refractivity contribution in [1.82, 2.24) is 24.5 Å². The van der Waals surface area contributed by atoms with Gasteiger partial charge in [-0.05, 0) is 63.1 Å². The lowest BCUT2D eigenvalue weighted by Crippen LogP contribution is -2.43. The van der Waals surface area contributed by atoms with Crippen molar-refractivity contribution in [3.05, 3.63) is 53.3 Å². The number of hydrogen-bond acceptors (Lipinski definition) is 6. The highest BCUT2D eigenvalue weighted by Crippen LogP contribution is 2.55. The molecule has 0 radical (unpaired) electrons. The van der Waals surface area contributed by atoms with Crippen molar-refractivity contribution in [1.29, 1.82) is 5.26 Å². The second-order valence-electron chi connectivity index (χ2n) is 11.5. The summed E-state index contributed by atoms with van der Waals surface area (Å²) in [5, 5.41) is 18.7. The van der Waals surface area contributed by atoms with Gasteiger partial charge in [-0.25, -0.2) is 9.48 Å². The first kappa shape index (κ1) is 26.6. The molecule has 0 bridgehead atoms. The molecule has 3 aromatic rings. The summed E-state index contributed by atoms with van der Waals surface area (Å²) in [6.45, 7) is 6.90. The Morgan fingerprint density at radius 2 is 2.03 bits per heavy atom. The maximum Gasteiger partial charge on any atom is 0.416 e. The van der Waals surface area contributed by atoms with Crippen LogP contribution in [0.2, 0.25) is 0 Å². The SMILES string of the molecule is CC(C)(C)OC(=O)N1CCC2(CC(n3nc(-c4cnn(Cc5cccc(C(F)(F)F)c5)c4)c(C#N)c3N)C2)C1. The molecule has 5 rings (SSSR count). The smallest absolute Gasteiger partial charge is 0.416 e. The van der Waals surface area contributed by atoms with Crippen LogP contribution in [-0.4, -0.2) is 49.2 Å². The predicted molar refractivity (Wildman–Crippen MR) is 136 cm³/mol. The molecule has 39 heavy (non-hydrogen) atoms. The van der Waals surface area contributed by atoms with E-state index in [-0.39, 0.29) is 35.5 Å². The number of nitrogens with zero attached hydrogens (tertiary/aromatic N) is 6. The Balaban J connectivity index is 1.29. The molecule has 206 valence electrons. The van der Waals surface area contributed by atoms with Gasteiger partial charge in [0.1, 0.15) is 28.7 Å². The van der Waals surface area contributed by atoms with E-state index in [9.17, 15) is 23.2 Å². The second-order valence-corrected chi connectivity index (χ2v) is 11.5. The fourth-order valence-electron chi connectivity index (χ4n) is 5.51. The van der Waals surface area contributed by atoms with Gasteiger partial charge in [-0.3, -0.25) is 4.68 Å². The van der Waals surface area contributed by atoms with Crippen LogP contribution in [-0.2, 0) is 17.5 Å². The molecule has 9 nitrogen and oxygen atoms in total. The summed E-state index contributed by atoms with van der Waals surface area (Å²) in [7, 11) is 0. The molecule has 2 aliphatic rings. The van der Waals surface area contributed by atoms with E-state index in [0.717, 1.165) is 31.4 Å². The maximum atomic E-state index is 13.1. The number of nitrogens with two attached hydrogens (primary N) is 1. The van der Waals surface area contributed by atoms with Gasteiger partial charge in [0.05, 0.1) is 24.3 Å². The van der Waals surface area contributed by atoms with Gasteiger partial charge in [0.15, 0.2) is 0 Å². The van der Waals surface area contributed by atoms with Gasteiger partial charge in [0, 0.05) is 24.8 Å². The van der Waals surface area contributed by atoms with Crippen molar-refractivity contribution in [3.8, 4) is 17.3 Å². The standard InChI is InChI=1S/C27H30F3N7O2/c1-25(2,3)39-24(38)35-8-7-26(16-35)10-20(11-26)37-23(32)21(12-31)22(34-37)18-13-33-36(15-18)14-17-5-4-6-19(9-17)27(28,29)30/h4-6,9,13,15,20H,7-8,10-11,14,16,32H2,1-3H3. The summed E-state index contributed by atoms with van der Waals surface area (Å²) in [6.07, 6.45) is 0.851. The third-order valence-electron chi connectivity index (χ3n) is 7.34. The topological polar surface area (TPSA) is 115 Å². The molecule has 0 unspecified atom stereocenters. The molecule has 1 aliphatic heterocycles. The number of nitriles is 1. The van der Waals surface area contributed by atoms with Crippen molar-refractivity contribution >= 4 is 11.9 Å². The lowest BCUT2D eigenvalue weighted by molar-refractivity contribution is -0.137. The Morgan fingerprint density at radius 1 is 1.28 bits per heavy atom. The lowest BCUT2D eigenvalue weighted by Gasteiger charge is -2.45. The Bertz CT molecular complexity index is 1440. The molecule has 3 heterocycles. The fraction of sp³-hybridized carbons (Fsp3) is 0.481. The number of benzene rings is 1. The molecular weight excluding hydrogens is 511 g/mol. The van der Waals surface area contributed by atoms with Crippen LogP contribution < -0.4 is 5.73 Å². The zero-order valence-electron chi connectivity index (χ0n) is 22.0. The van der Waals surface area contributed by atoms with Gasteiger partial charge in [-0.15, -0.1) is 0 Å². The summed E-state index contributed by atoms with van der Waals surface area (Å²) in [6, 6.07) is 7.20. The molecule has 1 saturated carbocycles. The number of halogens is 3. The number of carbonyl (C=O) groups is 1. The van der Waals surface area contributed by atoms with E-state index in [1.165, 1.54) is 16.9 Å². The highest BCUT2D eigenvalue weighted by molar-refractivity contribution is 5.72. The predicted octanol–water partition coefficient (Wildman–Crippen LogP) is 5.23. The van der Waals surface area contributed by atoms with E-state index in [1.807, 2.05) is 20.8 Å². The van der Waals surface area contributed by atoms with Crippen molar-refractivity contribution in [2.45, 2.75) is 64.4 Å². The molecule has 1 saturated heterocycles. The van der Waals surface area contributed by atoms with Crippen molar-refractivity contribution in [2.24, 2.45) is 5.41 Å². The zero-order valence-corrected chi connectivity index (χ0v) is 22.0. The average Bonchev–Trinajstić information content (AvgIpc) is 3.54. The van der Waals surface area contributed by atoms with Gasteiger partial charge in [0.2, 0.25) is 0 Å². The van der Waals surface area contributed by atoms with Gasteiger partial charge in [-0.1, -0.05) is 12.1 Å². The van der Waals surface area contributed by atoms with E-state index in [2.05, 4.69) is 16.3 Å². The highest BCUT2D eigenvalue weighted by atomic mass is 19.4. The number of carbonyl (C=O) groups excluding carboxylic acids is 1. The largest absolute Gasteiger partial charge is 0.444 e. The van der Waals surface area contributed by atoms with Gasteiger partial charge in [-0.2, -0.15) is 28.6 Å². The van der Waals surface area contributed by atoms with Crippen LogP contribution >= 0.6 is 0 Å². The molecule has 12 heteroatoms. The summed E-state index contributed by atoms with van der Waals surface area (Å²) in [5.74, 6) is 0.264. The quantitative estimate of drug-likeness (QED) is 0.484. The normalized spacial score (nSPS) is 21.2. The number of likely N-dealkylation sites (tertiary alicyclic amines) is 1. The van der Waals surface area contributed by atoms with E-state index < -0.39 is 17.3 Å². The van der Waals surface area contributed by atoms with Crippen LogP contribution in [0, 0.1) is 16.7 Å². The van der Waals surface area contributed by atoms with E-state index in [4.69, 9.17) is 10.5 Å². The molecule has 2 N–H and O–H groups in total. The molecule has 1 spiro atoms. The van der Waals surface area contributed by atoms with Crippen LogP contribution in [0.1, 0.15) is 62.8 Å². The lowest BCUT2D eigenvalue weighted by atomic mass is 9.65. The number of rotatable bonds is 4. The molecule has 1 aliphatic carbocycles. The number of amides is 1. The monoisotopic (exact) mass is 541 g/mol. The van der Waals surface area contributed by atoms with Crippen LogP contribution in [0.4, 0.5) is 23.8 Å². The number of alkyl halides is 3. The molecule has 0 atom stereocenters. The van der Waals surface area contributed by atoms with Gasteiger partial charge >= 0.3 is 12.3 Å². The van der Waals surface area contributed by atoms with Gasteiger partial charge < -0.3 is 15.4 Å². The first-order valence-corrected chi connectivity index (χ1v) is 12.7. The molecule has 2 fully saturated rings. The van der Waals surface area contributed by atoms with Crippen LogP contribution in [0.3, 0.4) is 0 Å². The zero-order chi connectivity index (χ0) is 28.2. The first-order valence-electron chi connectivity index (χ1n) is 12.7. The highest BCUT2D eigenvalue weighted by Gasteiger charge is 2.51. The van der Waals surface area contributed by atoms with Crippen molar-refractivity contribution in [3.63, 3.8) is 0 Å². The molecular formula is C27H30F3N7O2. The average molecular weight is 542 g/mol. The van der Waals surface area contributed by atoms with Crippen LogP contribution in [0.25, 0.3) is 11.3 Å². The van der Waals surface area contributed by atoms with Crippen LogP contribution in [0.15, 0.2) is 36.7 Å².